The molecule has 0 unspecified atom stereocenters. The van der Waals surface area contributed by atoms with Crippen LogP contribution in [0.1, 0.15) is 34.1 Å². The molecule has 0 saturated carbocycles. The number of rotatable bonds is 6. The number of carbonyl (C=O) groups excluding carboxylic acids is 2. The third-order valence-electron chi connectivity index (χ3n) is 4.38. The van der Waals surface area contributed by atoms with Gasteiger partial charge in [0.1, 0.15) is 29.6 Å². The highest BCUT2D eigenvalue weighted by Gasteiger charge is 2.36. The van der Waals surface area contributed by atoms with Crippen molar-refractivity contribution in [1.82, 2.24) is 5.32 Å². The number of hydrogen-bond donors (Lipinski definition) is 1. The third kappa shape index (κ3) is 8.59. The smallest absolute Gasteiger partial charge is 0.408 e. The van der Waals surface area contributed by atoms with Crippen LogP contribution in [0.4, 0.5) is 4.79 Å². The van der Waals surface area contributed by atoms with Gasteiger partial charge in [0.25, 0.3) is 0 Å². The first kappa shape index (κ1) is 24.7. The monoisotopic (exact) mass is 435 g/mol. The van der Waals surface area contributed by atoms with Gasteiger partial charge in [0.05, 0.1) is 13.2 Å². The number of ether oxygens (including phenoxy) is 5. The number of carbonyl (C=O) groups is 2. The van der Waals surface area contributed by atoms with Crippen LogP contribution in [0, 0.1) is 0 Å². The van der Waals surface area contributed by atoms with Gasteiger partial charge in [-0.1, -0.05) is 24.3 Å². The second-order valence-corrected chi connectivity index (χ2v) is 8.26. The quantitative estimate of drug-likeness (QED) is 0.542. The Morgan fingerprint density at radius 2 is 2.00 bits per heavy atom. The van der Waals surface area contributed by atoms with Gasteiger partial charge in [0, 0.05) is 13.0 Å². The van der Waals surface area contributed by atoms with Crippen LogP contribution in [0.2, 0.25) is 0 Å². The molecular formula is C23H33NO7. The number of amides is 1. The average Bonchev–Trinajstić information content (AvgIpc) is 2.69. The van der Waals surface area contributed by atoms with E-state index in [2.05, 4.69) is 11.9 Å². The molecular weight excluding hydrogens is 402 g/mol. The number of para-hydroxylation sites is 1. The van der Waals surface area contributed by atoms with Crippen molar-refractivity contribution in [3.05, 3.63) is 43.0 Å². The van der Waals surface area contributed by atoms with Gasteiger partial charge < -0.3 is 29.0 Å². The van der Waals surface area contributed by atoms with E-state index < -0.39 is 42.0 Å². The number of alkyl carbamates (subject to hydrolysis) is 1. The van der Waals surface area contributed by atoms with Gasteiger partial charge in [-0.25, -0.2) is 9.59 Å². The van der Waals surface area contributed by atoms with E-state index >= 15 is 0 Å². The molecule has 1 aromatic rings. The van der Waals surface area contributed by atoms with Crippen LogP contribution in [0.5, 0.6) is 5.75 Å². The fourth-order valence-corrected chi connectivity index (χ4v) is 2.99. The second kappa shape index (κ2) is 11.7. The molecule has 0 spiro atoms. The summed E-state index contributed by atoms with van der Waals surface area (Å²) >= 11 is 0. The molecule has 172 valence electrons. The fraction of sp³-hybridized carbons (Fsp3) is 0.565. The first-order valence-corrected chi connectivity index (χ1v) is 10.4. The molecule has 4 atom stereocenters. The summed E-state index contributed by atoms with van der Waals surface area (Å²) in [6, 6.07) is 8.30. The molecule has 8 heteroatoms. The van der Waals surface area contributed by atoms with Crippen LogP contribution in [0.15, 0.2) is 43.0 Å². The first-order valence-electron chi connectivity index (χ1n) is 10.4. The van der Waals surface area contributed by atoms with Gasteiger partial charge in [0.2, 0.25) is 0 Å². The summed E-state index contributed by atoms with van der Waals surface area (Å²) in [5, 5.41) is 2.57. The first-order chi connectivity index (χ1) is 14.7. The van der Waals surface area contributed by atoms with E-state index in [9.17, 15) is 9.59 Å². The van der Waals surface area contributed by atoms with E-state index in [4.69, 9.17) is 23.7 Å². The van der Waals surface area contributed by atoms with Crippen LogP contribution < -0.4 is 10.1 Å². The minimum Gasteiger partial charge on any atom is -0.484 e. The van der Waals surface area contributed by atoms with Gasteiger partial charge in [0.15, 0.2) is 6.10 Å². The molecule has 1 N–H and O–H groups in total. The fourth-order valence-electron chi connectivity index (χ4n) is 2.99. The normalized spacial score (nSPS) is 25.1. The maximum Gasteiger partial charge on any atom is 0.408 e. The number of cyclic esters (lactones) is 1. The standard InChI is InChI=1S/C23H33NO7/c1-6-13-28-19-15-27-14-12-18(24-22(26)31-23(3,4)5)21(25)29-16(2)20(19)30-17-10-8-7-9-11-17/h6-11,16,18-20H,1,12-15H2,2-5H3,(H,24,26)/t16-,18-,19-,20-/m0/s1. The highest BCUT2D eigenvalue weighted by Crippen LogP contribution is 2.20. The summed E-state index contributed by atoms with van der Waals surface area (Å²) in [4.78, 5) is 24.9. The summed E-state index contributed by atoms with van der Waals surface area (Å²) < 4.78 is 28.6. The maximum absolute atomic E-state index is 12.8. The van der Waals surface area contributed by atoms with Crippen LogP contribution >= 0.6 is 0 Å². The largest absolute Gasteiger partial charge is 0.484 e. The molecule has 0 aliphatic carbocycles. The van der Waals surface area contributed by atoms with E-state index in [0.717, 1.165) is 0 Å². The zero-order chi connectivity index (χ0) is 22.9. The summed E-state index contributed by atoms with van der Waals surface area (Å²) in [7, 11) is 0. The van der Waals surface area contributed by atoms with E-state index in [-0.39, 0.29) is 19.6 Å². The van der Waals surface area contributed by atoms with Crippen LogP contribution in [0.25, 0.3) is 0 Å². The lowest BCUT2D eigenvalue weighted by Crippen LogP contribution is -2.51. The predicted octanol–water partition coefficient (Wildman–Crippen LogP) is 3.25. The van der Waals surface area contributed by atoms with E-state index in [1.54, 1.807) is 33.8 Å². The number of hydrogen-bond acceptors (Lipinski definition) is 7. The topological polar surface area (TPSA) is 92.3 Å². The average molecular weight is 436 g/mol. The number of esters is 1. The van der Waals surface area contributed by atoms with Crippen LogP contribution in [0.3, 0.4) is 0 Å². The highest BCUT2D eigenvalue weighted by atomic mass is 16.6. The van der Waals surface area contributed by atoms with Crippen molar-refractivity contribution in [3.8, 4) is 5.75 Å². The molecule has 0 radical (unpaired) electrons. The third-order valence-corrected chi connectivity index (χ3v) is 4.38. The Balaban J connectivity index is 2.15. The molecule has 2 rings (SSSR count). The zero-order valence-corrected chi connectivity index (χ0v) is 18.7. The van der Waals surface area contributed by atoms with Crippen molar-refractivity contribution in [2.45, 2.75) is 64.1 Å². The molecule has 1 saturated heterocycles. The molecule has 1 aliphatic heterocycles. The highest BCUT2D eigenvalue weighted by molar-refractivity contribution is 5.81. The number of benzene rings is 1. The molecule has 1 aliphatic rings. The summed E-state index contributed by atoms with van der Waals surface area (Å²) in [6.45, 7) is 11.4. The molecule has 0 aromatic heterocycles. The number of nitrogens with one attached hydrogen (secondary N) is 1. The second-order valence-electron chi connectivity index (χ2n) is 8.26. The Kier molecular flexibility index (Phi) is 9.33. The van der Waals surface area contributed by atoms with Crippen molar-refractivity contribution >= 4 is 12.1 Å². The Morgan fingerprint density at radius 1 is 1.29 bits per heavy atom. The van der Waals surface area contributed by atoms with Gasteiger partial charge in [-0.15, -0.1) is 6.58 Å². The van der Waals surface area contributed by atoms with Gasteiger partial charge in [-0.2, -0.15) is 0 Å². The Hall–Kier alpha value is -2.58. The SMILES string of the molecule is C=CCO[C@H]1COCC[C@H](NC(=O)OC(C)(C)C)C(=O)O[C@@H](C)[C@@H]1Oc1ccccc1. The van der Waals surface area contributed by atoms with Gasteiger partial charge in [-0.3, -0.25) is 0 Å². The Bertz CT molecular complexity index is 716. The van der Waals surface area contributed by atoms with Crippen molar-refractivity contribution < 1.29 is 33.3 Å². The molecule has 8 nitrogen and oxygen atoms in total. The zero-order valence-electron chi connectivity index (χ0n) is 18.7. The van der Waals surface area contributed by atoms with Gasteiger partial charge >= 0.3 is 12.1 Å². The van der Waals surface area contributed by atoms with Gasteiger partial charge in [-0.05, 0) is 39.8 Å². The predicted molar refractivity (Wildman–Crippen MR) is 115 cm³/mol. The van der Waals surface area contributed by atoms with E-state index in [1.165, 1.54) is 0 Å². The summed E-state index contributed by atoms with van der Waals surface area (Å²) in [6.07, 6.45) is -0.613. The summed E-state index contributed by atoms with van der Waals surface area (Å²) in [5.41, 5.74) is -0.682. The minimum absolute atomic E-state index is 0.218. The molecule has 0 bridgehead atoms. The summed E-state index contributed by atoms with van der Waals surface area (Å²) in [5.74, 6) is 0.0242. The lowest BCUT2D eigenvalue weighted by Gasteiger charge is -2.33. The lowest BCUT2D eigenvalue weighted by molar-refractivity contribution is -0.166. The minimum atomic E-state index is -0.902. The Morgan fingerprint density at radius 3 is 2.65 bits per heavy atom. The van der Waals surface area contributed by atoms with Crippen LogP contribution in [-0.2, 0) is 23.7 Å². The lowest BCUT2D eigenvalue weighted by atomic mass is 10.1. The van der Waals surface area contributed by atoms with Crippen molar-refractivity contribution in [1.29, 1.82) is 0 Å². The van der Waals surface area contributed by atoms with Crippen molar-refractivity contribution in [2.75, 3.05) is 19.8 Å². The van der Waals surface area contributed by atoms with Crippen molar-refractivity contribution in [3.63, 3.8) is 0 Å². The van der Waals surface area contributed by atoms with E-state index in [0.29, 0.717) is 12.4 Å². The maximum atomic E-state index is 12.8. The van der Waals surface area contributed by atoms with Crippen LogP contribution in [-0.4, -0.2) is 61.8 Å². The molecule has 1 heterocycles. The molecule has 1 aromatic carbocycles. The Labute approximate surface area is 183 Å². The molecule has 31 heavy (non-hydrogen) atoms. The molecule has 1 amide bonds. The molecule has 1 fully saturated rings. The van der Waals surface area contributed by atoms with E-state index in [1.807, 2.05) is 30.3 Å². The van der Waals surface area contributed by atoms with Crippen molar-refractivity contribution in [2.24, 2.45) is 0 Å².